The zero-order valence-corrected chi connectivity index (χ0v) is 10.7. The SMILES string of the molecule is O=C(NCc1ccccc1)c1ccc(CCl)cc1. The van der Waals surface area contributed by atoms with Crippen molar-refractivity contribution in [1.82, 2.24) is 5.32 Å². The highest BCUT2D eigenvalue weighted by Gasteiger charge is 2.04. The largest absolute Gasteiger partial charge is 0.348 e. The molecule has 0 heterocycles. The lowest BCUT2D eigenvalue weighted by atomic mass is 10.1. The molecule has 0 fully saturated rings. The van der Waals surface area contributed by atoms with Crippen LogP contribution in [-0.4, -0.2) is 5.91 Å². The van der Waals surface area contributed by atoms with E-state index in [4.69, 9.17) is 11.6 Å². The van der Waals surface area contributed by atoms with Crippen LogP contribution in [0.4, 0.5) is 0 Å². The van der Waals surface area contributed by atoms with Gasteiger partial charge >= 0.3 is 0 Å². The van der Waals surface area contributed by atoms with Crippen LogP contribution in [0.15, 0.2) is 54.6 Å². The zero-order chi connectivity index (χ0) is 12.8. The Kier molecular flexibility index (Phi) is 4.37. The van der Waals surface area contributed by atoms with E-state index >= 15 is 0 Å². The molecule has 18 heavy (non-hydrogen) atoms. The van der Waals surface area contributed by atoms with Crippen molar-refractivity contribution in [1.29, 1.82) is 0 Å². The number of carbonyl (C=O) groups is 1. The van der Waals surface area contributed by atoms with Crippen LogP contribution in [0.1, 0.15) is 21.5 Å². The second kappa shape index (κ2) is 6.22. The lowest BCUT2D eigenvalue weighted by molar-refractivity contribution is 0.0951. The zero-order valence-electron chi connectivity index (χ0n) is 9.90. The number of amides is 1. The first kappa shape index (κ1) is 12.7. The van der Waals surface area contributed by atoms with Gasteiger partial charge in [-0.1, -0.05) is 42.5 Å². The quantitative estimate of drug-likeness (QED) is 0.839. The Hall–Kier alpha value is -1.80. The molecule has 0 saturated carbocycles. The fourth-order valence-electron chi connectivity index (χ4n) is 1.63. The molecule has 0 atom stereocenters. The molecular formula is C15H14ClNO. The molecule has 0 aliphatic heterocycles. The Bertz CT molecular complexity index is 508. The fourth-order valence-corrected chi connectivity index (χ4v) is 1.80. The molecule has 0 aliphatic rings. The molecule has 1 amide bonds. The third-order valence-corrected chi connectivity index (χ3v) is 2.97. The first-order valence-corrected chi connectivity index (χ1v) is 6.30. The van der Waals surface area contributed by atoms with Gasteiger partial charge in [-0.2, -0.15) is 0 Å². The van der Waals surface area contributed by atoms with Gasteiger partial charge in [-0.3, -0.25) is 4.79 Å². The molecule has 0 unspecified atom stereocenters. The van der Waals surface area contributed by atoms with Gasteiger partial charge in [0.15, 0.2) is 0 Å². The van der Waals surface area contributed by atoms with E-state index < -0.39 is 0 Å². The average molecular weight is 260 g/mol. The van der Waals surface area contributed by atoms with E-state index in [1.807, 2.05) is 42.5 Å². The highest BCUT2D eigenvalue weighted by atomic mass is 35.5. The normalized spacial score (nSPS) is 10.1. The van der Waals surface area contributed by atoms with Crippen molar-refractivity contribution >= 4 is 17.5 Å². The molecule has 0 aliphatic carbocycles. The van der Waals surface area contributed by atoms with Gasteiger partial charge in [0.25, 0.3) is 5.91 Å². The van der Waals surface area contributed by atoms with Crippen molar-refractivity contribution in [2.75, 3.05) is 0 Å². The number of hydrogen-bond acceptors (Lipinski definition) is 1. The van der Waals surface area contributed by atoms with Gasteiger partial charge in [0.05, 0.1) is 0 Å². The molecule has 92 valence electrons. The predicted octanol–water partition coefficient (Wildman–Crippen LogP) is 3.36. The minimum atomic E-state index is -0.0695. The third-order valence-electron chi connectivity index (χ3n) is 2.67. The molecule has 0 bridgehead atoms. The van der Waals surface area contributed by atoms with E-state index in [0.717, 1.165) is 11.1 Å². The number of hydrogen-bond donors (Lipinski definition) is 1. The van der Waals surface area contributed by atoms with Gasteiger partial charge in [0.1, 0.15) is 0 Å². The van der Waals surface area contributed by atoms with Crippen LogP contribution in [0, 0.1) is 0 Å². The minimum absolute atomic E-state index is 0.0695. The summed E-state index contributed by atoms with van der Waals surface area (Å²) in [6.07, 6.45) is 0. The first-order chi connectivity index (χ1) is 8.79. The Morgan fingerprint density at radius 3 is 2.22 bits per heavy atom. The summed E-state index contributed by atoms with van der Waals surface area (Å²) in [4.78, 5) is 11.9. The van der Waals surface area contributed by atoms with Gasteiger partial charge in [0, 0.05) is 18.0 Å². The van der Waals surface area contributed by atoms with E-state index in [9.17, 15) is 4.79 Å². The highest BCUT2D eigenvalue weighted by Crippen LogP contribution is 2.07. The summed E-state index contributed by atoms with van der Waals surface area (Å²) in [7, 11) is 0. The molecule has 2 nitrogen and oxygen atoms in total. The Morgan fingerprint density at radius 2 is 1.61 bits per heavy atom. The summed E-state index contributed by atoms with van der Waals surface area (Å²) < 4.78 is 0. The van der Waals surface area contributed by atoms with Crippen LogP contribution < -0.4 is 5.32 Å². The molecule has 3 heteroatoms. The second-order valence-corrected chi connectivity index (χ2v) is 4.27. The number of carbonyl (C=O) groups excluding carboxylic acids is 1. The maximum Gasteiger partial charge on any atom is 0.251 e. The van der Waals surface area contributed by atoms with Crippen LogP contribution in [0.25, 0.3) is 0 Å². The van der Waals surface area contributed by atoms with Crippen molar-refractivity contribution < 1.29 is 4.79 Å². The minimum Gasteiger partial charge on any atom is -0.348 e. The topological polar surface area (TPSA) is 29.1 Å². The summed E-state index contributed by atoms with van der Waals surface area (Å²) in [5.74, 6) is 0.395. The van der Waals surface area contributed by atoms with Crippen LogP contribution in [0.3, 0.4) is 0 Å². The Labute approximate surface area is 112 Å². The van der Waals surface area contributed by atoms with Crippen molar-refractivity contribution in [3.8, 4) is 0 Å². The summed E-state index contributed by atoms with van der Waals surface area (Å²) in [6.45, 7) is 0.539. The number of alkyl halides is 1. The lowest BCUT2D eigenvalue weighted by Crippen LogP contribution is -2.22. The van der Waals surface area contributed by atoms with Crippen LogP contribution in [0.5, 0.6) is 0 Å². The van der Waals surface area contributed by atoms with E-state index in [2.05, 4.69) is 5.32 Å². The van der Waals surface area contributed by atoms with Gasteiger partial charge in [-0.05, 0) is 23.3 Å². The fraction of sp³-hybridized carbons (Fsp3) is 0.133. The molecule has 0 spiro atoms. The van der Waals surface area contributed by atoms with E-state index in [1.54, 1.807) is 12.1 Å². The van der Waals surface area contributed by atoms with Crippen molar-refractivity contribution in [3.05, 3.63) is 71.3 Å². The Balaban J connectivity index is 1.95. The van der Waals surface area contributed by atoms with E-state index in [-0.39, 0.29) is 5.91 Å². The Morgan fingerprint density at radius 1 is 0.944 bits per heavy atom. The number of rotatable bonds is 4. The molecule has 1 N–H and O–H groups in total. The molecule has 2 aromatic rings. The lowest BCUT2D eigenvalue weighted by Gasteiger charge is -2.05. The standard InChI is InChI=1S/C15H14ClNO/c16-10-12-6-8-14(9-7-12)15(18)17-11-13-4-2-1-3-5-13/h1-9H,10-11H2,(H,17,18). The predicted molar refractivity (Wildman–Crippen MR) is 73.6 cm³/mol. The number of nitrogens with one attached hydrogen (secondary N) is 1. The first-order valence-electron chi connectivity index (χ1n) is 5.76. The second-order valence-electron chi connectivity index (χ2n) is 4.00. The summed E-state index contributed by atoms with van der Waals surface area (Å²) in [5, 5.41) is 2.88. The summed E-state index contributed by atoms with van der Waals surface area (Å²) in [5.41, 5.74) is 2.75. The summed E-state index contributed by atoms with van der Waals surface area (Å²) >= 11 is 5.70. The van der Waals surface area contributed by atoms with Crippen LogP contribution in [0.2, 0.25) is 0 Å². The van der Waals surface area contributed by atoms with Crippen LogP contribution in [-0.2, 0) is 12.4 Å². The average Bonchev–Trinajstić information content (AvgIpc) is 2.46. The smallest absolute Gasteiger partial charge is 0.251 e. The van der Waals surface area contributed by atoms with Gasteiger partial charge in [-0.15, -0.1) is 11.6 Å². The van der Waals surface area contributed by atoms with Crippen LogP contribution >= 0.6 is 11.6 Å². The molecule has 0 aromatic heterocycles. The molecule has 2 rings (SSSR count). The summed E-state index contributed by atoms with van der Waals surface area (Å²) in [6, 6.07) is 17.1. The molecular weight excluding hydrogens is 246 g/mol. The number of halogens is 1. The van der Waals surface area contributed by atoms with Crippen molar-refractivity contribution in [2.45, 2.75) is 12.4 Å². The maximum atomic E-state index is 11.9. The van der Waals surface area contributed by atoms with Gasteiger partial charge in [0.2, 0.25) is 0 Å². The molecule has 0 saturated heterocycles. The van der Waals surface area contributed by atoms with E-state index in [1.165, 1.54) is 0 Å². The maximum absolute atomic E-state index is 11.9. The van der Waals surface area contributed by atoms with Gasteiger partial charge < -0.3 is 5.32 Å². The third kappa shape index (κ3) is 3.34. The van der Waals surface area contributed by atoms with Crippen molar-refractivity contribution in [2.24, 2.45) is 0 Å². The molecule has 2 aromatic carbocycles. The number of benzene rings is 2. The monoisotopic (exact) mass is 259 g/mol. The molecule has 0 radical (unpaired) electrons. The van der Waals surface area contributed by atoms with Gasteiger partial charge in [-0.25, -0.2) is 0 Å². The highest BCUT2D eigenvalue weighted by molar-refractivity contribution is 6.17. The van der Waals surface area contributed by atoms with Crippen molar-refractivity contribution in [3.63, 3.8) is 0 Å². The van der Waals surface area contributed by atoms with E-state index in [0.29, 0.717) is 18.0 Å².